The summed E-state index contributed by atoms with van der Waals surface area (Å²) in [6.45, 7) is 2.93. The summed E-state index contributed by atoms with van der Waals surface area (Å²) >= 11 is 0. The summed E-state index contributed by atoms with van der Waals surface area (Å²) in [7, 11) is 0. The number of nitrogens with zero attached hydrogens (tertiary/aromatic N) is 1. The van der Waals surface area contributed by atoms with Gasteiger partial charge in [0.1, 0.15) is 0 Å². The third-order valence-corrected chi connectivity index (χ3v) is 2.16. The molecule has 1 heterocycles. The monoisotopic (exact) mass is 159 g/mol. The van der Waals surface area contributed by atoms with Crippen LogP contribution in [0.15, 0.2) is 0 Å². The molecule has 1 fully saturated rings. The molecule has 0 saturated carbocycles. The Hall–Kier alpha value is -0.600. The first kappa shape index (κ1) is 8.50. The van der Waals surface area contributed by atoms with Crippen molar-refractivity contribution in [1.82, 2.24) is 4.90 Å². The lowest BCUT2D eigenvalue weighted by Gasteiger charge is -2.14. The van der Waals surface area contributed by atoms with E-state index in [1.807, 2.05) is 6.92 Å². The predicted molar refractivity (Wildman–Crippen MR) is 41.0 cm³/mol. The van der Waals surface area contributed by atoms with Gasteiger partial charge in [-0.1, -0.05) is 6.92 Å². The zero-order valence-corrected chi connectivity index (χ0v) is 6.85. The molecule has 0 aromatic rings. The highest BCUT2D eigenvalue weighted by atomic mass is 19.1. The highest BCUT2D eigenvalue weighted by Crippen LogP contribution is 2.16. The Labute approximate surface area is 66.4 Å². The minimum Gasteiger partial charge on any atom is -0.342 e. The van der Waals surface area contributed by atoms with Crippen molar-refractivity contribution in [2.24, 2.45) is 5.92 Å². The molecule has 1 amide bonds. The Kier molecular flexibility index (Phi) is 2.85. The van der Waals surface area contributed by atoms with Crippen LogP contribution >= 0.6 is 0 Å². The summed E-state index contributed by atoms with van der Waals surface area (Å²) in [6, 6.07) is 0. The van der Waals surface area contributed by atoms with Crippen LogP contribution < -0.4 is 0 Å². The van der Waals surface area contributed by atoms with Gasteiger partial charge in [0.25, 0.3) is 0 Å². The van der Waals surface area contributed by atoms with Gasteiger partial charge < -0.3 is 4.90 Å². The van der Waals surface area contributed by atoms with E-state index in [2.05, 4.69) is 0 Å². The molecule has 1 atom stereocenters. The second-order valence-corrected chi connectivity index (χ2v) is 3.00. The molecule has 0 aliphatic carbocycles. The van der Waals surface area contributed by atoms with Crippen LogP contribution in [-0.4, -0.2) is 30.6 Å². The highest BCUT2D eigenvalue weighted by molar-refractivity contribution is 5.76. The van der Waals surface area contributed by atoms with Gasteiger partial charge in [-0.05, 0) is 6.42 Å². The number of amides is 1. The second-order valence-electron chi connectivity index (χ2n) is 3.00. The fourth-order valence-corrected chi connectivity index (χ4v) is 1.41. The lowest BCUT2D eigenvalue weighted by molar-refractivity contribution is -0.129. The van der Waals surface area contributed by atoms with Crippen LogP contribution in [0.25, 0.3) is 0 Å². The maximum atomic E-state index is 12.1. The van der Waals surface area contributed by atoms with Crippen molar-refractivity contribution in [2.75, 3.05) is 19.8 Å². The van der Waals surface area contributed by atoms with Crippen LogP contribution in [0, 0.1) is 5.92 Å². The lowest BCUT2D eigenvalue weighted by Crippen LogP contribution is -2.27. The Morgan fingerprint density at radius 1 is 1.73 bits per heavy atom. The van der Waals surface area contributed by atoms with E-state index in [0.717, 1.165) is 13.0 Å². The van der Waals surface area contributed by atoms with Crippen LogP contribution in [0.4, 0.5) is 4.39 Å². The van der Waals surface area contributed by atoms with Crippen LogP contribution in [0.5, 0.6) is 0 Å². The van der Waals surface area contributed by atoms with Crippen molar-refractivity contribution < 1.29 is 9.18 Å². The average Bonchev–Trinajstić information content (AvgIpc) is 2.50. The molecule has 0 radical (unpaired) electrons. The number of likely N-dealkylation sites (tertiary alicyclic amines) is 1. The van der Waals surface area contributed by atoms with Gasteiger partial charge >= 0.3 is 0 Å². The fraction of sp³-hybridized carbons (Fsp3) is 0.875. The molecule has 3 heteroatoms. The predicted octanol–water partition coefficient (Wildman–Crippen LogP) is 1.21. The van der Waals surface area contributed by atoms with Gasteiger partial charge in [0.15, 0.2) is 0 Å². The third-order valence-electron chi connectivity index (χ3n) is 2.16. The maximum Gasteiger partial charge on any atom is 0.222 e. The van der Waals surface area contributed by atoms with Gasteiger partial charge in [0.2, 0.25) is 5.91 Å². The number of alkyl halides is 1. The quantitative estimate of drug-likeness (QED) is 0.593. The molecule has 1 aliphatic rings. The summed E-state index contributed by atoms with van der Waals surface area (Å²) in [5, 5.41) is 0. The van der Waals surface area contributed by atoms with E-state index in [9.17, 15) is 9.18 Å². The summed E-state index contributed by atoms with van der Waals surface area (Å²) in [5.74, 6) is 0.256. The van der Waals surface area contributed by atoms with Crippen LogP contribution in [0.2, 0.25) is 0 Å². The normalized spacial score (nSPS) is 24.2. The van der Waals surface area contributed by atoms with Crippen molar-refractivity contribution >= 4 is 5.91 Å². The van der Waals surface area contributed by atoms with Crippen LogP contribution in [0.1, 0.15) is 19.8 Å². The summed E-state index contributed by atoms with van der Waals surface area (Å²) in [5.41, 5.74) is 0. The van der Waals surface area contributed by atoms with Gasteiger partial charge in [-0.25, -0.2) is 0 Å². The van der Waals surface area contributed by atoms with E-state index in [4.69, 9.17) is 0 Å². The van der Waals surface area contributed by atoms with Crippen molar-refractivity contribution in [1.29, 1.82) is 0 Å². The Morgan fingerprint density at radius 3 is 2.91 bits per heavy atom. The molecule has 0 aromatic heterocycles. The number of carbonyl (C=O) groups excluding carboxylic acids is 1. The molecule has 2 nitrogen and oxygen atoms in total. The molecule has 11 heavy (non-hydrogen) atoms. The molecule has 0 spiro atoms. The SMILES string of the molecule is CCC(=O)N1CC[C@H](CF)C1. The number of rotatable bonds is 2. The highest BCUT2D eigenvalue weighted by Gasteiger charge is 2.24. The van der Waals surface area contributed by atoms with Crippen LogP contribution in [-0.2, 0) is 4.79 Å². The molecule has 0 unspecified atom stereocenters. The Morgan fingerprint density at radius 2 is 2.45 bits per heavy atom. The smallest absolute Gasteiger partial charge is 0.222 e. The minimum absolute atomic E-state index is 0.102. The number of hydrogen-bond donors (Lipinski definition) is 0. The number of halogens is 1. The molecular weight excluding hydrogens is 145 g/mol. The molecule has 1 saturated heterocycles. The Balaban J connectivity index is 2.35. The molecule has 1 rings (SSSR count). The molecule has 1 aliphatic heterocycles. The molecule has 0 aromatic carbocycles. The van der Waals surface area contributed by atoms with Crippen LogP contribution in [0.3, 0.4) is 0 Å². The van der Waals surface area contributed by atoms with E-state index >= 15 is 0 Å². The number of hydrogen-bond acceptors (Lipinski definition) is 1. The van der Waals surface area contributed by atoms with Crippen molar-refractivity contribution in [3.8, 4) is 0 Å². The van der Waals surface area contributed by atoms with E-state index in [-0.39, 0.29) is 18.5 Å². The van der Waals surface area contributed by atoms with Crippen molar-refractivity contribution in [2.45, 2.75) is 19.8 Å². The van der Waals surface area contributed by atoms with Crippen molar-refractivity contribution in [3.05, 3.63) is 0 Å². The van der Waals surface area contributed by atoms with Gasteiger partial charge in [-0.3, -0.25) is 9.18 Å². The molecule has 0 bridgehead atoms. The van der Waals surface area contributed by atoms with Gasteiger partial charge in [-0.15, -0.1) is 0 Å². The van der Waals surface area contributed by atoms with E-state index < -0.39 is 0 Å². The molecule has 64 valence electrons. The van der Waals surface area contributed by atoms with Crippen molar-refractivity contribution in [3.63, 3.8) is 0 Å². The first-order valence-corrected chi connectivity index (χ1v) is 4.11. The van der Waals surface area contributed by atoms with Gasteiger partial charge in [0.05, 0.1) is 6.67 Å². The minimum atomic E-state index is -0.284. The summed E-state index contributed by atoms with van der Waals surface area (Å²) in [4.78, 5) is 12.8. The number of carbonyl (C=O) groups is 1. The fourth-order valence-electron chi connectivity index (χ4n) is 1.41. The summed E-state index contributed by atoms with van der Waals surface area (Å²) in [6.07, 6.45) is 1.38. The molecular formula is C8H14FNO. The first-order valence-electron chi connectivity index (χ1n) is 4.11. The van der Waals surface area contributed by atoms with E-state index in [1.54, 1.807) is 4.90 Å². The maximum absolute atomic E-state index is 12.1. The third kappa shape index (κ3) is 1.91. The zero-order chi connectivity index (χ0) is 8.27. The second kappa shape index (κ2) is 3.69. The Bertz CT molecular complexity index is 149. The van der Waals surface area contributed by atoms with Gasteiger partial charge in [-0.2, -0.15) is 0 Å². The standard InChI is InChI=1S/C8H14FNO/c1-2-8(11)10-4-3-7(5-9)6-10/h7H,2-6H2,1H3/t7-/m1/s1. The lowest BCUT2D eigenvalue weighted by atomic mass is 10.1. The average molecular weight is 159 g/mol. The molecule has 0 N–H and O–H groups in total. The topological polar surface area (TPSA) is 20.3 Å². The van der Waals surface area contributed by atoms with E-state index in [1.165, 1.54) is 0 Å². The largest absolute Gasteiger partial charge is 0.342 e. The zero-order valence-electron chi connectivity index (χ0n) is 6.85. The van der Waals surface area contributed by atoms with E-state index in [0.29, 0.717) is 13.0 Å². The first-order chi connectivity index (χ1) is 5.27. The van der Waals surface area contributed by atoms with Gasteiger partial charge in [0, 0.05) is 25.4 Å². The summed E-state index contributed by atoms with van der Waals surface area (Å²) < 4.78 is 12.1.